The predicted octanol–water partition coefficient (Wildman–Crippen LogP) is 4.87. The lowest BCUT2D eigenvalue weighted by atomic mass is 10.1. The summed E-state index contributed by atoms with van der Waals surface area (Å²) in [6.07, 6.45) is 0. The molecule has 0 saturated carbocycles. The Balaban J connectivity index is 1.18. The first-order valence-corrected chi connectivity index (χ1v) is 13.7. The van der Waals surface area contributed by atoms with Gasteiger partial charge in [0, 0.05) is 56.7 Å². The molecule has 0 bridgehead atoms. The Morgan fingerprint density at radius 3 is 2.31 bits per heavy atom. The molecule has 1 amide bonds. The van der Waals surface area contributed by atoms with E-state index >= 15 is 0 Å². The number of carbonyl (C=O) groups is 1. The quantitative estimate of drug-likeness (QED) is 0.249. The summed E-state index contributed by atoms with van der Waals surface area (Å²) < 4.78 is 5.33. The lowest BCUT2D eigenvalue weighted by Crippen LogP contribution is -2.47. The predicted molar refractivity (Wildman–Crippen MR) is 146 cm³/mol. The minimum Gasteiger partial charge on any atom is -0.378 e. The van der Waals surface area contributed by atoms with Gasteiger partial charge in [0.15, 0.2) is 5.16 Å². The second-order valence-corrected chi connectivity index (χ2v) is 10.4. The van der Waals surface area contributed by atoms with E-state index in [1.165, 1.54) is 11.8 Å². The first-order chi connectivity index (χ1) is 17.6. The number of carbonyl (C=O) groups excluding carboxylic acids is 1. The van der Waals surface area contributed by atoms with Crippen LogP contribution in [0.3, 0.4) is 0 Å². The van der Waals surface area contributed by atoms with Crippen molar-refractivity contribution in [3.8, 4) is 0 Å². The maximum Gasteiger partial charge on any atom is 0.254 e. The smallest absolute Gasteiger partial charge is 0.254 e. The van der Waals surface area contributed by atoms with Gasteiger partial charge in [-0.15, -0.1) is 0 Å². The number of aromatic nitrogens is 2. The summed E-state index contributed by atoms with van der Waals surface area (Å²) in [5.41, 5.74) is 2.85. The van der Waals surface area contributed by atoms with Crippen LogP contribution in [0.25, 0.3) is 0 Å². The summed E-state index contributed by atoms with van der Waals surface area (Å²) in [5, 5.41) is 1.84. The number of halogens is 2. The van der Waals surface area contributed by atoms with Crippen molar-refractivity contribution in [3.05, 3.63) is 75.9 Å². The van der Waals surface area contributed by atoms with E-state index in [2.05, 4.69) is 20.9 Å². The number of anilines is 2. The van der Waals surface area contributed by atoms with Gasteiger partial charge >= 0.3 is 0 Å². The zero-order valence-corrected chi connectivity index (χ0v) is 22.1. The summed E-state index contributed by atoms with van der Waals surface area (Å²) in [7, 11) is 0. The van der Waals surface area contributed by atoms with Crippen LogP contribution in [0.5, 0.6) is 0 Å². The van der Waals surface area contributed by atoms with Crippen LogP contribution in [0.15, 0.2) is 59.8 Å². The van der Waals surface area contributed by atoms with Crippen LogP contribution in [0.1, 0.15) is 15.9 Å². The number of rotatable bonds is 6. The number of piperazine rings is 1. The number of para-hydroxylation sites is 1. The molecule has 0 radical (unpaired) electrons. The molecule has 0 aliphatic carbocycles. The number of benzene rings is 2. The molecule has 36 heavy (non-hydrogen) atoms. The summed E-state index contributed by atoms with van der Waals surface area (Å²) in [6, 6.07) is 17.5. The Bertz CT molecular complexity index is 1200. The lowest BCUT2D eigenvalue weighted by Gasteiger charge is -2.37. The lowest BCUT2D eigenvalue weighted by molar-refractivity contribution is 0.0303. The SMILES string of the molecule is O=C(c1ccc(CSc2nc(Cl)cc(N3CCN(c4ccccc4Cl)CC3)n2)cc1)N1CCOCC1. The third-order valence-corrected chi connectivity index (χ3v) is 7.76. The van der Waals surface area contributed by atoms with Gasteiger partial charge in [-0.1, -0.05) is 59.2 Å². The van der Waals surface area contributed by atoms with Crippen LogP contribution in [-0.4, -0.2) is 73.3 Å². The number of amides is 1. The highest BCUT2D eigenvalue weighted by atomic mass is 35.5. The van der Waals surface area contributed by atoms with Gasteiger partial charge in [-0.2, -0.15) is 0 Å². The molecule has 5 rings (SSSR count). The number of hydrogen-bond donors (Lipinski definition) is 0. The van der Waals surface area contributed by atoms with Gasteiger partial charge in [0.25, 0.3) is 5.91 Å². The molecule has 0 atom stereocenters. The van der Waals surface area contributed by atoms with Crippen LogP contribution in [0.2, 0.25) is 10.2 Å². The maximum atomic E-state index is 12.6. The van der Waals surface area contributed by atoms with Gasteiger partial charge in [-0.25, -0.2) is 9.97 Å². The van der Waals surface area contributed by atoms with Gasteiger partial charge in [-0.3, -0.25) is 4.79 Å². The molecular formula is C26H27Cl2N5O2S. The van der Waals surface area contributed by atoms with Crippen molar-refractivity contribution in [2.75, 3.05) is 62.3 Å². The first kappa shape index (κ1) is 25.1. The van der Waals surface area contributed by atoms with Gasteiger partial charge < -0.3 is 19.4 Å². The molecule has 1 aromatic heterocycles. The van der Waals surface area contributed by atoms with Crippen molar-refractivity contribution in [3.63, 3.8) is 0 Å². The maximum absolute atomic E-state index is 12.6. The van der Waals surface area contributed by atoms with Gasteiger partial charge in [0.1, 0.15) is 11.0 Å². The zero-order valence-electron chi connectivity index (χ0n) is 19.8. The highest BCUT2D eigenvalue weighted by Gasteiger charge is 2.21. The molecule has 2 saturated heterocycles. The van der Waals surface area contributed by atoms with Crippen molar-refractivity contribution in [1.82, 2.24) is 14.9 Å². The molecule has 10 heteroatoms. The second kappa shape index (κ2) is 11.7. The number of thioether (sulfide) groups is 1. The van der Waals surface area contributed by atoms with E-state index in [-0.39, 0.29) is 5.91 Å². The molecule has 7 nitrogen and oxygen atoms in total. The Kier molecular flexibility index (Phi) is 8.16. The average molecular weight is 545 g/mol. The van der Waals surface area contributed by atoms with E-state index in [0.717, 1.165) is 48.3 Å². The Hall–Kier alpha value is -2.52. The van der Waals surface area contributed by atoms with Crippen LogP contribution >= 0.6 is 35.0 Å². The molecule has 0 unspecified atom stereocenters. The molecule has 0 spiro atoms. The number of hydrogen-bond acceptors (Lipinski definition) is 7. The Labute approximate surface area is 225 Å². The molecule has 2 aliphatic rings. The van der Waals surface area contributed by atoms with Crippen molar-refractivity contribution in [1.29, 1.82) is 0 Å². The molecule has 2 fully saturated rings. The zero-order chi connectivity index (χ0) is 24.9. The topological polar surface area (TPSA) is 61.8 Å². The van der Waals surface area contributed by atoms with E-state index in [1.807, 2.05) is 53.4 Å². The Morgan fingerprint density at radius 2 is 1.58 bits per heavy atom. The highest BCUT2D eigenvalue weighted by Crippen LogP contribution is 2.29. The van der Waals surface area contributed by atoms with Crippen LogP contribution in [0, 0.1) is 0 Å². The van der Waals surface area contributed by atoms with E-state index in [9.17, 15) is 4.79 Å². The fourth-order valence-corrected chi connectivity index (χ4v) is 5.63. The molecular weight excluding hydrogens is 517 g/mol. The first-order valence-electron chi connectivity index (χ1n) is 11.9. The molecule has 3 heterocycles. The largest absolute Gasteiger partial charge is 0.378 e. The summed E-state index contributed by atoms with van der Waals surface area (Å²) in [4.78, 5) is 28.2. The molecule has 0 N–H and O–H groups in total. The van der Waals surface area contributed by atoms with Gasteiger partial charge in [0.05, 0.1) is 23.9 Å². The van der Waals surface area contributed by atoms with E-state index in [1.54, 1.807) is 0 Å². The van der Waals surface area contributed by atoms with Crippen molar-refractivity contribution in [2.24, 2.45) is 0 Å². The number of nitrogens with zero attached hydrogens (tertiary/aromatic N) is 5. The van der Waals surface area contributed by atoms with E-state index in [4.69, 9.17) is 32.9 Å². The normalized spacial score (nSPS) is 16.3. The van der Waals surface area contributed by atoms with Crippen LogP contribution in [-0.2, 0) is 10.5 Å². The van der Waals surface area contributed by atoms with Crippen molar-refractivity contribution >= 4 is 52.4 Å². The standard InChI is InChI=1S/C26H27Cl2N5O2S/c27-21-3-1-2-4-22(21)31-9-11-32(12-10-31)24-17-23(28)29-26(30-24)36-18-19-5-7-20(8-6-19)25(34)33-13-15-35-16-14-33/h1-8,17H,9-16,18H2. The second-order valence-electron chi connectivity index (χ2n) is 8.65. The molecule has 3 aromatic rings. The van der Waals surface area contributed by atoms with E-state index in [0.29, 0.717) is 47.9 Å². The van der Waals surface area contributed by atoms with Crippen molar-refractivity contribution < 1.29 is 9.53 Å². The van der Waals surface area contributed by atoms with Gasteiger partial charge in [0.2, 0.25) is 0 Å². The monoisotopic (exact) mass is 543 g/mol. The number of morpholine rings is 1. The minimum absolute atomic E-state index is 0.0509. The molecule has 2 aliphatic heterocycles. The molecule has 2 aromatic carbocycles. The van der Waals surface area contributed by atoms with Crippen molar-refractivity contribution in [2.45, 2.75) is 10.9 Å². The molecule has 188 valence electrons. The number of ether oxygens (including phenoxy) is 1. The fourth-order valence-electron chi connectivity index (χ4n) is 4.34. The van der Waals surface area contributed by atoms with Crippen LogP contribution < -0.4 is 9.80 Å². The van der Waals surface area contributed by atoms with E-state index < -0.39 is 0 Å². The summed E-state index contributed by atoms with van der Waals surface area (Å²) >= 11 is 14.3. The Morgan fingerprint density at radius 1 is 0.889 bits per heavy atom. The van der Waals surface area contributed by atoms with Gasteiger partial charge in [-0.05, 0) is 29.8 Å². The fraction of sp³-hybridized carbons (Fsp3) is 0.346. The third kappa shape index (κ3) is 6.06. The summed E-state index contributed by atoms with van der Waals surface area (Å²) in [6.45, 7) is 5.81. The van der Waals surface area contributed by atoms with Crippen LogP contribution in [0.4, 0.5) is 11.5 Å². The third-order valence-electron chi connectivity index (χ3n) is 6.32. The average Bonchev–Trinajstić information content (AvgIpc) is 2.92. The minimum atomic E-state index is 0.0509. The highest BCUT2D eigenvalue weighted by molar-refractivity contribution is 7.98. The summed E-state index contributed by atoms with van der Waals surface area (Å²) in [5.74, 6) is 1.57.